The second kappa shape index (κ2) is 7.74. The van der Waals surface area contributed by atoms with Crippen molar-refractivity contribution < 1.29 is 9.53 Å². The number of ether oxygens (including phenoxy) is 1. The zero-order valence-electron chi connectivity index (χ0n) is 12.8. The lowest BCUT2D eigenvalue weighted by molar-refractivity contribution is -0.140. The number of para-hydroxylation sites is 1. The first-order valence-corrected chi connectivity index (χ1v) is 9.24. The van der Waals surface area contributed by atoms with E-state index in [0.717, 1.165) is 15.6 Å². The van der Waals surface area contributed by atoms with E-state index in [0.29, 0.717) is 3.95 Å². The van der Waals surface area contributed by atoms with Gasteiger partial charge in [-0.05, 0) is 29.9 Å². The molecule has 1 unspecified atom stereocenters. The molecule has 7 heteroatoms. The third-order valence-corrected chi connectivity index (χ3v) is 5.82. The fraction of sp³-hybridized carbons (Fsp3) is 0.118. The van der Waals surface area contributed by atoms with Crippen molar-refractivity contribution in [2.75, 3.05) is 7.11 Å². The van der Waals surface area contributed by atoms with E-state index in [1.54, 1.807) is 4.68 Å². The summed E-state index contributed by atoms with van der Waals surface area (Å²) in [5, 5.41) is 4.08. The lowest BCUT2D eigenvalue weighted by atomic mass is 10.1. The summed E-state index contributed by atoms with van der Waals surface area (Å²) in [7, 11) is 1.39. The van der Waals surface area contributed by atoms with Crippen molar-refractivity contribution in [1.82, 2.24) is 9.78 Å². The topological polar surface area (TPSA) is 44.1 Å². The van der Waals surface area contributed by atoms with Crippen molar-refractivity contribution >= 4 is 41.3 Å². The summed E-state index contributed by atoms with van der Waals surface area (Å²) >= 11 is 8.14. The van der Waals surface area contributed by atoms with Gasteiger partial charge in [0, 0.05) is 0 Å². The smallest absolute Gasteiger partial charge is 0.323 e. The molecule has 0 bridgehead atoms. The predicted molar refractivity (Wildman–Crippen MR) is 99.3 cm³/mol. The lowest BCUT2D eigenvalue weighted by Gasteiger charge is -2.12. The zero-order valence-corrected chi connectivity index (χ0v) is 15.2. The van der Waals surface area contributed by atoms with E-state index < -0.39 is 5.25 Å². The molecule has 0 fully saturated rings. The standard InChI is InChI=1S/C17H14N2O2S3/c1-21-15(20)14(12-8-4-2-5-9-12)23-16-18-19(17(22)24-16)13-10-6-3-7-11-13/h2-11,14H,1H3. The Kier molecular flexibility index (Phi) is 5.44. The summed E-state index contributed by atoms with van der Waals surface area (Å²) in [6.07, 6.45) is 0. The average molecular weight is 375 g/mol. The Morgan fingerprint density at radius 3 is 2.42 bits per heavy atom. The van der Waals surface area contributed by atoms with Crippen LogP contribution in [0.2, 0.25) is 0 Å². The molecule has 0 saturated heterocycles. The highest BCUT2D eigenvalue weighted by molar-refractivity contribution is 8.02. The van der Waals surface area contributed by atoms with Crippen molar-refractivity contribution in [3.8, 4) is 5.69 Å². The first-order chi connectivity index (χ1) is 11.7. The SMILES string of the molecule is COC(=O)C(Sc1nn(-c2ccccc2)c(=S)s1)c1ccccc1. The van der Waals surface area contributed by atoms with Gasteiger partial charge in [0.2, 0.25) is 0 Å². The minimum absolute atomic E-state index is 0.307. The molecule has 2 aromatic carbocycles. The first-order valence-electron chi connectivity index (χ1n) is 7.14. The van der Waals surface area contributed by atoms with Crippen LogP contribution in [0.25, 0.3) is 5.69 Å². The van der Waals surface area contributed by atoms with E-state index >= 15 is 0 Å². The highest BCUT2D eigenvalue weighted by atomic mass is 32.2. The molecule has 0 spiro atoms. The van der Waals surface area contributed by atoms with Crippen molar-refractivity contribution in [3.05, 3.63) is 70.2 Å². The van der Waals surface area contributed by atoms with Crippen LogP contribution in [0, 0.1) is 3.95 Å². The van der Waals surface area contributed by atoms with Crippen molar-refractivity contribution in [1.29, 1.82) is 0 Å². The number of nitrogens with zero attached hydrogens (tertiary/aromatic N) is 2. The van der Waals surface area contributed by atoms with Gasteiger partial charge in [-0.1, -0.05) is 71.6 Å². The Morgan fingerprint density at radius 2 is 1.79 bits per heavy atom. The van der Waals surface area contributed by atoms with Crippen LogP contribution in [0.15, 0.2) is 65.0 Å². The molecule has 1 heterocycles. The summed E-state index contributed by atoms with van der Waals surface area (Å²) in [5.74, 6) is -0.307. The molecule has 4 nitrogen and oxygen atoms in total. The quantitative estimate of drug-likeness (QED) is 0.369. The molecule has 122 valence electrons. The lowest BCUT2D eigenvalue weighted by Crippen LogP contribution is -2.11. The number of methoxy groups -OCH3 is 1. The van der Waals surface area contributed by atoms with Crippen molar-refractivity contribution in [2.45, 2.75) is 9.59 Å². The molecule has 0 aliphatic heterocycles. The summed E-state index contributed by atoms with van der Waals surface area (Å²) in [6, 6.07) is 19.2. The van der Waals surface area contributed by atoms with Gasteiger partial charge in [0.1, 0.15) is 5.25 Å². The van der Waals surface area contributed by atoms with Crippen LogP contribution in [0.5, 0.6) is 0 Å². The van der Waals surface area contributed by atoms with E-state index in [1.807, 2.05) is 60.7 Å². The van der Waals surface area contributed by atoms with E-state index in [9.17, 15) is 4.79 Å². The molecular formula is C17H14N2O2S3. The molecule has 0 saturated carbocycles. The maximum absolute atomic E-state index is 12.2. The van der Waals surface area contributed by atoms with Gasteiger partial charge < -0.3 is 4.74 Å². The van der Waals surface area contributed by atoms with E-state index in [4.69, 9.17) is 17.0 Å². The fourth-order valence-corrected chi connectivity index (χ4v) is 4.71. The first kappa shape index (κ1) is 16.9. The Balaban J connectivity index is 1.91. The van der Waals surface area contributed by atoms with Gasteiger partial charge >= 0.3 is 5.97 Å². The molecule has 3 rings (SSSR count). The maximum Gasteiger partial charge on any atom is 0.323 e. The number of aromatic nitrogens is 2. The van der Waals surface area contributed by atoms with E-state index in [1.165, 1.54) is 30.2 Å². The number of benzene rings is 2. The molecule has 24 heavy (non-hydrogen) atoms. The Labute approximate surface area is 153 Å². The number of carbonyl (C=O) groups is 1. The number of hydrogen-bond acceptors (Lipinski definition) is 6. The van der Waals surface area contributed by atoms with Gasteiger partial charge in [-0.15, -0.1) is 5.10 Å². The number of rotatable bonds is 5. The van der Waals surface area contributed by atoms with Crippen LogP contribution in [-0.2, 0) is 9.53 Å². The van der Waals surface area contributed by atoms with Gasteiger partial charge in [0.05, 0.1) is 12.8 Å². The zero-order chi connectivity index (χ0) is 16.9. The molecular weight excluding hydrogens is 360 g/mol. The minimum atomic E-state index is -0.471. The third kappa shape index (κ3) is 3.75. The van der Waals surface area contributed by atoms with Crippen LogP contribution in [0.1, 0.15) is 10.8 Å². The number of hydrogen-bond donors (Lipinski definition) is 0. The number of carbonyl (C=O) groups excluding carboxylic acids is 1. The monoisotopic (exact) mass is 374 g/mol. The summed E-state index contributed by atoms with van der Waals surface area (Å²) in [4.78, 5) is 12.2. The van der Waals surface area contributed by atoms with Crippen LogP contribution in [0.3, 0.4) is 0 Å². The van der Waals surface area contributed by atoms with Crippen molar-refractivity contribution in [2.24, 2.45) is 0 Å². The Bertz CT molecular complexity index is 876. The Morgan fingerprint density at radius 1 is 1.17 bits per heavy atom. The average Bonchev–Trinajstić information content (AvgIpc) is 3.01. The van der Waals surface area contributed by atoms with Crippen LogP contribution < -0.4 is 0 Å². The van der Waals surface area contributed by atoms with E-state index in [-0.39, 0.29) is 5.97 Å². The van der Waals surface area contributed by atoms with Gasteiger partial charge in [-0.3, -0.25) is 4.79 Å². The van der Waals surface area contributed by atoms with Gasteiger partial charge in [-0.2, -0.15) is 0 Å². The number of thioether (sulfide) groups is 1. The highest BCUT2D eigenvalue weighted by Gasteiger charge is 2.24. The minimum Gasteiger partial charge on any atom is -0.468 e. The summed E-state index contributed by atoms with van der Waals surface area (Å²) < 4.78 is 8.02. The Hall–Kier alpha value is -1.96. The molecule has 0 radical (unpaired) electrons. The van der Waals surface area contributed by atoms with Gasteiger partial charge in [-0.25, -0.2) is 4.68 Å². The maximum atomic E-state index is 12.2. The van der Waals surface area contributed by atoms with E-state index in [2.05, 4.69) is 5.10 Å². The second-order valence-corrected chi connectivity index (χ2v) is 7.79. The molecule has 0 N–H and O–H groups in total. The van der Waals surface area contributed by atoms with Crippen LogP contribution >= 0.6 is 35.3 Å². The second-order valence-electron chi connectivity index (χ2n) is 4.81. The molecule has 3 aromatic rings. The fourth-order valence-electron chi connectivity index (χ4n) is 2.13. The van der Waals surface area contributed by atoms with Crippen molar-refractivity contribution in [3.63, 3.8) is 0 Å². The van der Waals surface area contributed by atoms with Crippen LogP contribution in [0.4, 0.5) is 0 Å². The third-order valence-electron chi connectivity index (χ3n) is 3.27. The predicted octanol–water partition coefficient (Wildman–Crippen LogP) is 4.67. The largest absolute Gasteiger partial charge is 0.468 e. The summed E-state index contributed by atoms with van der Waals surface area (Å²) in [5.41, 5.74) is 1.78. The highest BCUT2D eigenvalue weighted by Crippen LogP contribution is 2.37. The molecule has 1 aromatic heterocycles. The van der Waals surface area contributed by atoms with Crippen LogP contribution in [-0.4, -0.2) is 22.9 Å². The van der Waals surface area contributed by atoms with Gasteiger partial charge in [0.25, 0.3) is 0 Å². The molecule has 1 atom stereocenters. The van der Waals surface area contributed by atoms with Gasteiger partial charge in [0.15, 0.2) is 8.29 Å². The molecule has 0 aliphatic carbocycles. The normalized spacial score (nSPS) is 11.9. The molecule has 0 aliphatic rings. The number of esters is 1. The summed E-state index contributed by atoms with van der Waals surface area (Å²) in [6.45, 7) is 0. The molecule has 0 amide bonds.